The van der Waals surface area contributed by atoms with Crippen molar-refractivity contribution in [1.29, 1.82) is 0 Å². The molecule has 0 unspecified atom stereocenters. The second-order valence-corrected chi connectivity index (χ2v) is 4.17. The lowest BCUT2D eigenvalue weighted by Gasteiger charge is -1.97. The Morgan fingerprint density at radius 3 is 2.67 bits per heavy atom. The largest absolute Gasteiger partial charge is 0.326 e. The van der Waals surface area contributed by atoms with E-state index in [2.05, 4.69) is 24.9 Å². The van der Waals surface area contributed by atoms with Gasteiger partial charge in [0.1, 0.15) is 0 Å². The predicted octanol–water partition coefficient (Wildman–Crippen LogP) is 3.31. The van der Waals surface area contributed by atoms with Gasteiger partial charge in [0.15, 0.2) is 0 Å². The van der Waals surface area contributed by atoms with Crippen molar-refractivity contribution in [1.82, 2.24) is 5.32 Å². The van der Waals surface area contributed by atoms with Crippen LogP contribution in [0.25, 0.3) is 0 Å². The van der Waals surface area contributed by atoms with Crippen LogP contribution in [0.3, 0.4) is 0 Å². The molecule has 1 heterocycles. The third kappa shape index (κ3) is 4.32. The first-order valence-corrected chi connectivity index (χ1v) is 5.92. The van der Waals surface area contributed by atoms with Crippen LogP contribution in [0.15, 0.2) is 23.9 Å². The summed E-state index contributed by atoms with van der Waals surface area (Å²) in [5, 5.41) is 2.73. The molecule has 0 aliphatic carbocycles. The fourth-order valence-electron chi connectivity index (χ4n) is 1.78. The van der Waals surface area contributed by atoms with Crippen molar-refractivity contribution in [2.75, 3.05) is 0 Å². The van der Waals surface area contributed by atoms with Gasteiger partial charge in [0, 0.05) is 17.7 Å². The highest BCUT2D eigenvalue weighted by Crippen LogP contribution is 2.17. The number of unbranched alkanes of at least 4 members (excludes halogenated alkanes) is 5. The van der Waals surface area contributed by atoms with E-state index in [9.17, 15) is 4.79 Å². The third-order valence-electron chi connectivity index (χ3n) is 2.68. The molecule has 1 rings (SSSR count). The number of amides is 1. The molecule has 0 aromatic rings. The van der Waals surface area contributed by atoms with Gasteiger partial charge in [-0.25, -0.2) is 0 Å². The van der Waals surface area contributed by atoms with Crippen LogP contribution < -0.4 is 5.32 Å². The van der Waals surface area contributed by atoms with E-state index < -0.39 is 0 Å². The zero-order chi connectivity index (χ0) is 11.1. The molecule has 1 saturated heterocycles. The van der Waals surface area contributed by atoms with Gasteiger partial charge in [-0.05, 0) is 12.8 Å². The van der Waals surface area contributed by atoms with Crippen molar-refractivity contribution >= 4 is 5.91 Å². The molecule has 84 valence electrons. The molecule has 0 spiro atoms. The van der Waals surface area contributed by atoms with Crippen molar-refractivity contribution in [3.05, 3.63) is 23.9 Å². The molecule has 0 aromatic heterocycles. The monoisotopic (exact) mass is 207 g/mol. The van der Waals surface area contributed by atoms with Gasteiger partial charge in [-0.15, -0.1) is 0 Å². The van der Waals surface area contributed by atoms with E-state index >= 15 is 0 Å². The summed E-state index contributed by atoms with van der Waals surface area (Å²) in [5.41, 5.74) is 1.73. The van der Waals surface area contributed by atoms with E-state index in [1.165, 1.54) is 32.1 Å². The van der Waals surface area contributed by atoms with E-state index in [0.717, 1.165) is 17.7 Å². The van der Waals surface area contributed by atoms with E-state index in [0.29, 0.717) is 6.42 Å². The quantitative estimate of drug-likeness (QED) is 0.525. The zero-order valence-electron chi connectivity index (χ0n) is 9.64. The molecule has 0 saturated carbocycles. The van der Waals surface area contributed by atoms with Crippen molar-refractivity contribution in [3.63, 3.8) is 0 Å². The van der Waals surface area contributed by atoms with Gasteiger partial charge >= 0.3 is 0 Å². The lowest BCUT2D eigenvalue weighted by Crippen LogP contribution is -2.12. The SMILES string of the molecule is C=C1C/C(=C\CCCCCCC)C(=O)N1. The molecule has 0 aromatic carbocycles. The van der Waals surface area contributed by atoms with Crippen LogP contribution in [-0.2, 0) is 4.79 Å². The fraction of sp³-hybridized carbons (Fsp3) is 0.615. The maximum Gasteiger partial charge on any atom is 0.251 e. The minimum Gasteiger partial charge on any atom is -0.326 e. The molecule has 2 nitrogen and oxygen atoms in total. The van der Waals surface area contributed by atoms with Gasteiger partial charge in [0.2, 0.25) is 0 Å². The van der Waals surface area contributed by atoms with Crippen LogP contribution in [0.5, 0.6) is 0 Å². The average Bonchev–Trinajstić information content (AvgIpc) is 2.51. The van der Waals surface area contributed by atoms with Gasteiger partial charge in [-0.2, -0.15) is 0 Å². The second-order valence-electron chi connectivity index (χ2n) is 4.17. The Kier molecular flexibility index (Phi) is 5.16. The molecule has 2 heteroatoms. The van der Waals surface area contributed by atoms with Crippen molar-refractivity contribution in [2.45, 2.75) is 51.9 Å². The molecule has 1 aliphatic heterocycles. The van der Waals surface area contributed by atoms with E-state index in [1.54, 1.807) is 0 Å². The van der Waals surface area contributed by atoms with Crippen molar-refractivity contribution in [2.24, 2.45) is 0 Å². The molecule has 1 amide bonds. The lowest BCUT2D eigenvalue weighted by molar-refractivity contribution is -0.115. The van der Waals surface area contributed by atoms with Crippen molar-refractivity contribution < 1.29 is 4.79 Å². The predicted molar refractivity (Wildman–Crippen MR) is 63.4 cm³/mol. The summed E-state index contributed by atoms with van der Waals surface area (Å²) < 4.78 is 0. The van der Waals surface area contributed by atoms with Crippen LogP contribution in [0.2, 0.25) is 0 Å². The topological polar surface area (TPSA) is 29.1 Å². The number of hydrogen-bond donors (Lipinski definition) is 1. The molecule has 0 bridgehead atoms. The van der Waals surface area contributed by atoms with Crippen LogP contribution in [-0.4, -0.2) is 5.91 Å². The molecular weight excluding hydrogens is 186 g/mol. The number of nitrogens with one attached hydrogen (secondary N) is 1. The Balaban J connectivity index is 2.15. The summed E-state index contributed by atoms with van der Waals surface area (Å²) in [6, 6.07) is 0. The normalized spacial score (nSPS) is 18.6. The molecule has 0 atom stereocenters. The van der Waals surface area contributed by atoms with Crippen LogP contribution in [0.1, 0.15) is 51.9 Å². The fourth-order valence-corrected chi connectivity index (χ4v) is 1.78. The Bertz CT molecular complexity index is 266. The molecular formula is C13H21NO. The number of allylic oxidation sites excluding steroid dienone is 2. The summed E-state index contributed by atoms with van der Waals surface area (Å²) in [6.07, 6.45) is 10.2. The lowest BCUT2D eigenvalue weighted by atomic mass is 10.1. The first-order valence-electron chi connectivity index (χ1n) is 5.92. The zero-order valence-corrected chi connectivity index (χ0v) is 9.64. The number of rotatable bonds is 6. The Morgan fingerprint density at radius 2 is 2.07 bits per heavy atom. The van der Waals surface area contributed by atoms with Crippen LogP contribution >= 0.6 is 0 Å². The highest BCUT2D eigenvalue weighted by Gasteiger charge is 2.18. The Morgan fingerprint density at radius 1 is 1.33 bits per heavy atom. The number of carbonyl (C=O) groups is 1. The average molecular weight is 207 g/mol. The Hall–Kier alpha value is -1.05. The minimum absolute atomic E-state index is 0.0496. The number of carbonyl (C=O) groups excluding carboxylic acids is 1. The van der Waals surface area contributed by atoms with E-state index in [4.69, 9.17) is 0 Å². The maximum atomic E-state index is 11.3. The van der Waals surface area contributed by atoms with Gasteiger partial charge in [-0.3, -0.25) is 4.79 Å². The van der Waals surface area contributed by atoms with E-state index in [-0.39, 0.29) is 5.91 Å². The highest BCUT2D eigenvalue weighted by atomic mass is 16.2. The molecule has 15 heavy (non-hydrogen) atoms. The van der Waals surface area contributed by atoms with Gasteiger partial charge in [0.25, 0.3) is 5.91 Å². The van der Waals surface area contributed by atoms with Crippen LogP contribution in [0, 0.1) is 0 Å². The van der Waals surface area contributed by atoms with Gasteiger partial charge in [-0.1, -0.05) is 45.3 Å². The third-order valence-corrected chi connectivity index (χ3v) is 2.68. The minimum atomic E-state index is 0.0496. The second kappa shape index (κ2) is 6.44. The summed E-state index contributed by atoms with van der Waals surface area (Å²) in [4.78, 5) is 11.3. The van der Waals surface area contributed by atoms with Crippen LogP contribution in [0.4, 0.5) is 0 Å². The Labute approximate surface area is 92.4 Å². The summed E-state index contributed by atoms with van der Waals surface area (Å²) in [6.45, 7) is 5.97. The molecule has 1 aliphatic rings. The summed E-state index contributed by atoms with van der Waals surface area (Å²) in [5.74, 6) is 0.0496. The molecule has 1 fully saturated rings. The first-order chi connectivity index (χ1) is 7.24. The number of hydrogen-bond acceptors (Lipinski definition) is 1. The summed E-state index contributed by atoms with van der Waals surface area (Å²) in [7, 11) is 0. The van der Waals surface area contributed by atoms with E-state index in [1.807, 2.05) is 0 Å². The molecule has 1 N–H and O–H groups in total. The maximum absolute atomic E-state index is 11.3. The standard InChI is InChI=1S/C13H21NO/c1-3-4-5-6-7-8-9-12-10-11(2)14-13(12)15/h9H,2-8,10H2,1H3,(H,14,15)/b12-9+. The summed E-state index contributed by atoms with van der Waals surface area (Å²) >= 11 is 0. The van der Waals surface area contributed by atoms with Gasteiger partial charge < -0.3 is 5.32 Å². The smallest absolute Gasteiger partial charge is 0.251 e. The highest BCUT2D eigenvalue weighted by molar-refractivity contribution is 5.97. The van der Waals surface area contributed by atoms with Crippen molar-refractivity contribution in [3.8, 4) is 0 Å². The van der Waals surface area contributed by atoms with Gasteiger partial charge in [0.05, 0.1) is 0 Å². The molecule has 0 radical (unpaired) electrons. The first kappa shape index (κ1) is 12.0.